The van der Waals surface area contributed by atoms with Gasteiger partial charge in [-0.05, 0) is 35.6 Å². The summed E-state index contributed by atoms with van der Waals surface area (Å²) in [4.78, 5) is 0. The summed E-state index contributed by atoms with van der Waals surface area (Å²) in [7, 11) is 0. The third-order valence-electron chi connectivity index (χ3n) is 4.13. The largest absolute Gasteiger partial charge is 0.485 e. The molecule has 0 saturated heterocycles. The summed E-state index contributed by atoms with van der Waals surface area (Å²) in [6.07, 6.45) is 1.45. The Morgan fingerprint density at radius 3 is 1.88 bits per heavy atom. The smallest absolute Gasteiger partial charge is 0.164 e. The van der Waals surface area contributed by atoms with E-state index in [4.69, 9.17) is 9.47 Å². The van der Waals surface area contributed by atoms with E-state index in [1.165, 1.54) is 0 Å². The first-order valence-electron chi connectivity index (χ1n) is 8.93. The summed E-state index contributed by atoms with van der Waals surface area (Å²) in [5, 5.41) is 9.18. The van der Waals surface area contributed by atoms with Crippen molar-refractivity contribution in [3.8, 4) is 11.5 Å². The van der Waals surface area contributed by atoms with Gasteiger partial charge in [0.2, 0.25) is 0 Å². The minimum Gasteiger partial charge on any atom is -0.485 e. The maximum Gasteiger partial charge on any atom is 0.164 e. The highest BCUT2D eigenvalue weighted by atomic mass is 16.5. The monoisotopic (exact) mass is 348 g/mol. The van der Waals surface area contributed by atoms with E-state index < -0.39 is 0 Å². The van der Waals surface area contributed by atoms with Crippen LogP contribution in [0.4, 0.5) is 0 Å². The zero-order valence-corrected chi connectivity index (χ0v) is 14.8. The molecule has 3 aromatic rings. The molecule has 3 rings (SSSR count). The van der Waals surface area contributed by atoms with Crippen LogP contribution in [-0.2, 0) is 19.6 Å². The lowest BCUT2D eigenvalue weighted by atomic mass is 10.1. The molecular weight excluding hydrogens is 324 g/mol. The number of aryl methyl sites for hydroxylation is 1. The highest BCUT2D eigenvalue weighted by molar-refractivity contribution is 5.47. The molecule has 3 heteroatoms. The third-order valence-corrected chi connectivity index (χ3v) is 4.13. The van der Waals surface area contributed by atoms with E-state index in [2.05, 4.69) is 0 Å². The van der Waals surface area contributed by atoms with Gasteiger partial charge in [-0.15, -0.1) is 0 Å². The standard InChI is InChI=1S/C23H24O3/c24-16-8-14-21-13-7-15-22(25-17-19-9-3-1-4-10-19)23(21)26-18-20-11-5-2-6-12-20/h1-7,9-13,15,24H,8,14,16-18H2. The molecule has 0 radical (unpaired) electrons. The predicted molar refractivity (Wildman–Crippen MR) is 103 cm³/mol. The normalized spacial score (nSPS) is 10.5. The zero-order chi connectivity index (χ0) is 18.0. The molecule has 0 spiro atoms. The number of aliphatic hydroxyl groups excluding tert-OH is 1. The second-order valence-corrected chi connectivity index (χ2v) is 6.12. The molecule has 0 bridgehead atoms. The van der Waals surface area contributed by atoms with Crippen molar-refractivity contribution in [2.45, 2.75) is 26.1 Å². The van der Waals surface area contributed by atoms with Crippen LogP contribution in [-0.4, -0.2) is 11.7 Å². The van der Waals surface area contributed by atoms with Gasteiger partial charge in [0.1, 0.15) is 13.2 Å². The van der Waals surface area contributed by atoms with E-state index in [0.29, 0.717) is 19.6 Å². The molecule has 0 fully saturated rings. The van der Waals surface area contributed by atoms with Crippen molar-refractivity contribution in [3.63, 3.8) is 0 Å². The number of aliphatic hydroxyl groups is 1. The molecule has 0 unspecified atom stereocenters. The van der Waals surface area contributed by atoms with Crippen LogP contribution in [0.3, 0.4) is 0 Å². The van der Waals surface area contributed by atoms with Crippen LogP contribution in [0, 0.1) is 0 Å². The second-order valence-electron chi connectivity index (χ2n) is 6.12. The molecule has 0 saturated carbocycles. The van der Waals surface area contributed by atoms with Gasteiger partial charge in [-0.2, -0.15) is 0 Å². The zero-order valence-electron chi connectivity index (χ0n) is 14.8. The number of ether oxygens (including phenoxy) is 2. The first-order chi connectivity index (χ1) is 12.9. The van der Waals surface area contributed by atoms with Crippen molar-refractivity contribution in [1.82, 2.24) is 0 Å². The molecule has 0 aliphatic rings. The van der Waals surface area contributed by atoms with Crippen molar-refractivity contribution in [3.05, 3.63) is 95.6 Å². The quantitative estimate of drug-likeness (QED) is 0.605. The van der Waals surface area contributed by atoms with Gasteiger partial charge in [0, 0.05) is 6.61 Å². The summed E-state index contributed by atoms with van der Waals surface area (Å²) in [5.74, 6) is 1.50. The Morgan fingerprint density at radius 1 is 0.654 bits per heavy atom. The highest BCUT2D eigenvalue weighted by Crippen LogP contribution is 2.33. The first-order valence-corrected chi connectivity index (χ1v) is 8.93. The minimum atomic E-state index is 0.160. The van der Waals surface area contributed by atoms with Crippen molar-refractivity contribution in [2.24, 2.45) is 0 Å². The molecule has 26 heavy (non-hydrogen) atoms. The molecule has 0 atom stereocenters. The molecule has 3 aromatic carbocycles. The van der Waals surface area contributed by atoms with E-state index in [-0.39, 0.29) is 6.61 Å². The molecule has 0 heterocycles. The van der Waals surface area contributed by atoms with Crippen LogP contribution in [0.25, 0.3) is 0 Å². The molecular formula is C23H24O3. The number of rotatable bonds is 9. The van der Waals surface area contributed by atoms with Gasteiger partial charge in [0.05, 0.1) is 0 Å². The first kappa shape index (κ1) is 18.0. The Kier molecular flexibility index (Phi) is 6.68. The van der Waals surface area contributed by atoms with Crippen LogP contribution >= 0.6 is 0 Å². The predicted octanol–water partition coefficient (Wildman–Crippen LogP) is 4.77. The van der Waals surface area contributed by atoms with Gasteiger partial charge in [-0.25, -0.2) is 0 Å². The Hall–Kier alpha value is -2.78. The van der Waals surface area contributed by atoms with Crippen molar-refractivity contribution in [2.75, 3.05) is 6.61 Å². The van der Waals surface area contributed by atoms with Crippen LogP contribution in [0.1, 0.15) is 23.1 Å². The molecule has 0 amide bonds. The number of para-hydroxylation sites is 1. The highest BCUT2D eigenvalue weighted by Gasteiger charge is 2.12. The van der Waals surface area contributed by atoms with E-state index in [1.54, 1.807) is 0 Å². The second kappa shape index (κ2) is 9.64. The van der Waals surface area contributed by atoms with Gasteiger partial charge >= 0.3 is 0 Å². The van der Waals surface area contributed by atoms with Gasteiger partial charge in [0.25, 0.3) is 0 Å². The topological polar surface area (TPSA) is 38.7 Å². The Labute approximate surface area is 154 Å². The van der Waals surface area contributed by atoms with E-state index in [1.807, 2.05) is 78.9 Å². The fourth-order valence-electron chi connectivity index (χ4n) is 2.77. The lowest BCUT2D eigenvalue weighted by Gasteiger charge is -2.17. The third kappa shape index (κ3) is 5.11. The number of benzene rings is 3. The summed E-state index contributed by atoms with van der Waals surface area (Å²) in [5.41, 5.74) is 3.28. The molecule has 0 aliphatic carbocycles. The maximum atomic E-state index is 9.18. The molecule has 134 valence electrons. The van der Waals surface area contributed by atoms with Crippen molar-refractivity contribution >= 4 is 0 Å². The average Bonchev–Trinajstić information content (AvgIpc) is 2.71. The van der Waals surface area contributed by atoms with Crippen molar-refractivity contribution in [1.29, 1.82) is 0 Å². The van der Waals surface area contributed by atoms with Gasteiger partial charge in [-0.3, -0.25) is 0 Å². The number of hydrogen-bond acceptors (Lipinski definition) is 3. The van der Waals surface area contributed by atoms with E-state index in [9.17, 15) is 5.11 Å². The molecule has 1 N–H and O–H groups in total. The van der Waals surface area contributed by atoms with Crippen LogP contribution in [0.15, 0.2) is 78.9 Å². The summed E-state index contributed by atoms with van der Waals surface area (Å²) in [6, 6.07) is 26.1. The van der Waals surface area contributed by atoms with Crippen LogP contribution < -0.4 is 9.47 Å². The maximum absolute atomic E-state index is 9.18. The number of hydrogen-bond donors (Lipinski definition) is 1. The summed E-state index contributed by atoms with van der Waals surface area (Å²) in [6.45, 7) is 1.14. The van der Waals surface area contributed by atoms with Gasteiger partial charge < -0.3 is 14.6 Å². The van der Waals surface area contributed by atoms with Gasteiger partial charge in [-0.1, -0.05) is 72.8 Å². The lowest BCUT2D eigenvalue weighted by Crippen LogP contribution is -2.04. The summed E-state index contributed by atoms with van der Waals surface area (Å²) >= 11 is 0. The lowest BCUT2D eigenvalue weighted by molar-refractivity contribution is 0.252. The average molecular weight is 348 g/mol. The fourth-order valence-corrected chi connectivity index (χ4v) is 2.77. The molecule has 0 aromatic heterocycles. The van der Waals surface area contributed by atoms with Crippen LogP contribution in [0.5, 0.6) is 11.5 Å². The van der Waals surface area contributed by atoms with E-state index in [0.717, 1.165) is 34.6 Å². The summed E-state index contributed by atoms with van der Waals surface area (Å²) < 4.78 is 12.2. The fraction of sp³-hybridized carbons (Fsp3) is 0.217. The van der Waals surface area contributed by atoms with Crippen LogP contribution in [0.2, 0.25) is 0 Å². The van der Waals surface area contributed by atoms with E-state index >= 15 is 0 Å². The minimum absolute atomic E-state index is 0.160. The SMILES string of the molecule is OCCCc1cccc(OCc2ccccc2)c1OCc1ccccc1. The Bertz CT molecular complexity index is 785. The van der Waals surface area contributed by atoms with Gasteiger partial charge in [0.15, 0.2) is 11.5 Å². The van der Waals surface area contributed by atoms with Crippen molar-refractivity contribution < 1.29 is 14.6 Å². The Morgan fingerprint density at radius 2 is 1.27 bits per heavy atom. The Balaban J connectivity index is 1.77. The molecule has 3 nitrogen and oxygen atoms in total. The molecule has 0 aliphatic heterocycles.